The molecule has 2 rings (SSSR count). The first-order valence-corrected chi connectivity index (χ1v) is 7.70. The van der Waals surface area contributed by atoms with E-state index in [4.69, 9.17) is 5.11 Å². The summed E-state index contributed by atoms with van der Waals surface area (Å²) in [5, 5.41) is 11.4. The van der Waals surface area contributed by atoms with Gasteiger partial charge in [-0.25, -0.2) is 4.79 Å². The number of carbonyl (C=O) groups excluding carboxylic acids is 3. The minimum atomic E-state index is -1.13. The molecule has 3 amide bonds. The molecule has 0 radical (unpaired) electrons. The molecule has 7 heteroatoms. The number of imide groups is 1. The molecule has 122 valence electrons. The predicted octanol–water partition coefficient (Wildman–Crippen LogP) is 0.387. The number of nitrogens with zero attached hydrogens (tertiary/aromatic N) is 1. The van der Waals surface area contributed by atoms with Crippen LogP contribution < -0.4 is 5.32 Å². The van der Waals surface area contributed by atoms with Crippen molar-refractivity contribution in [1.82, 2.24) is 10.2 Å². The molecule has 0 aromatic carbocycles. The van der Waals surface area contributed by atoms with E-state index in [1.54, 1.807) is 13.8 Å². The monoisotopic (exact) mass is 310 g/mol. The van der Waals surface area contributed by atoms with Crippen molar-refractivity contribution in [2.24, 2.45) is 17.8 Å². The van der Waals surface area contributed by atoms with Gasteiger partial charge in [-0.2, -0.15) is 0 Å². The van der Waals surface area contributed by atoms with Crippen molar-refractivity contribution in [2.75, 3.05) is 6.54 Å². The van der Waals surface area contributed by atoms with E-state index in [1.165, 1.54) is 0 Å². The number of carboxylic acid groups (broad SMARTS) is 1. The van der Waals surface area contributed by atoms with Gasteiger partial charge >= 0.3 is 5.97 Å². The number of nitrogens with one attached hydrogen (secondary N) is 1. The van der Waals surface area contributed by atoms with Crippen LogP contribution >= 0.6 is 0 Å². The Kier molecular flexibility index (Phi) is 4.83. The maximum atomic E-state index is 12.2. The quantitative estimate of drug-likeness (QED) is 0.715. The molecule has 0 aromatic heterocycles. The molecule has 0 aromatic rings. The van der Waals surface area contributed by atoms with E-state index in [0.29, 0.717) is 12.8 Å². The second-order valence-electron chi connectivity index (χ2n) is 6.39. The SMILES string of the molecule is CC(C)[C@@H](NC(=O)CN1C(=O)C2CCCCC2C1=O)C(=O)O. The lowest BCUT2D eigenvalue weighted by atomic mass is 9.81. The molecular formula is C15H22N2O5. The van der Waals surface area contributed by atoms with Crippen molar-refractivity contribution in [1.29, 1.82) is 0 Å². The van der Waals surface area contributed by atoms with Gasteiger partial charge in [-0.3, -0.25) is 19.3 Å². The molecule has 2 aliphatic rings. The van der Waals surface area contributed by atoms with Crippen LogP contribution in [0, 0.1) is 17.8 Å². The molecular weight excluding hydrogens is 288 g/mol. The Morgan fingerprint density at radius 2 is 1.68 bits per heavy atom. The van der Waals surface area contributed by atoms with Crippen molar-refractivity contribution in [3.05, 3.63) is 0 Å². The maximum Gasteiger partial charge on any atom is 0.326 e. The fourth-order valence-electron chi connectivity index (χ4n) is 3.26. The summed E-state index contributed by atoms with van der Waals surface area (Å²) in [5.74, 6) is -3.20. The molecule has 0 bridgehead atoms. The van der Waals surface area contributed by atoms with Gasteiger partial charge in [0.1, 0.15) is 12.6 Å². The third-order valence-electron chi connectivity index (χ3n) is 4.48. The summed E-state index contributed by atoms with van der Waals surface area (Å²) < 4.78 is 0. The fourth-order valence-corrected chi connectivity index (χ4v) is 3.26. The van der Waals surface area contributed by atoms with Crippen LogP contribution in [-0.4, -0.2) is 46.3 Å². The highest BCUT2D eigenvalue weighted by Crippen LogP contribution is 2.37. The van der Waals surface area contributed by atoms with Crippen LogP contribution in [0.2, 0.25) is 0 Å². The van der Waals surface area contributed by atoms with Crippen LogP contribution in [0.3, 0.4) is 0 Å². The Balaban J connectivity index is 2.01. The van der Waals surface area contributed by atoms with Gasteiger partial charge in [0.05, 0.1) is 11.8 Å². The van der Waals surface area contributed by atoms with Crippen LogP contribution in [0.15, 0.2) is 0 Å². The zero-order chi connectivity index (χ0) is 16.4. The lowest BCUT2D eigenvalue weighted by molar-refractivity contribution is -0.145. The molecule has 1 heterocycles. The molecule has 2 unspecified atom stereocenters. The summed E-state index contributed by atoms with van der Waals surface area (Å²) in [7, 11) is 0. The molecule has 22 heavy (non-hydrogen) atoms. The van der Waals surface area contributed by atoms with Gasteiger partial charge in [0.25, 0.3) is 0 Å². The molecule has 1 aliphatic carbocycles. The van der Waals surface area contributed by atoms with E-state index in [9.17, 15) is 19.2 Å². The number of rotatable bonds is 5. The van der Waals surface area contributed by atoms with E-state index in [0.717, 1.165) is 17.7 Å². The standard InChI is InChI=1S/C15H22N2O5/c1-8(2)12(15(21)22)16-11(18)7-17-13(19)9-5-3-4-6-10(9)14(17)20/h8-10,12H,3-7H2,1-2H3,(H,16,18)(H,21,22)/t9?,10?,12-/m1/s1. The molecule has 2 fully saturated rings. The molecule has 1 saturated heterocycles. The largest absolute Gasteiger partial charge is 0.480 e. The van der Waals surface area contributed by atoms with Crippen molar-refractivity contribution < 1.29 is 24.3 Å². The Morgan fingerprint density at radius 1 is 1.18 bits per heavy atom. The Hall–Kier alpha value is -1.92. The van der Waals surface area contributed by atoms with E-state index in [2.05, 4.69) is 5.32 Å². The maximum absolute atomic E-state index is 12.2. The summed E-state index contributed by atoms with van der Waals surface area (Å²) >= 11 is 0. The number of hydrogen-bond acceptors (Lipinski definition) is 4. The number of carbonyl (C=O) groups is 4. The van der Waals surface area contributed by atoms with Crippen LogP contribution in [0.5, 0.6) is 0 Å². The molecule has 0 spiro atoms. The van der Waals surface area contributed by atoms with Gasteiger partial charge < -0.3 is 10.4 Å². The summed E-state index contributed by atoms with van der Waals surface area (Å²) in [4.78, 5) is 48.6. The second kappa shape index (κ2) is 6.46. The average molecular weight is 310 g/mol. The zero-order valence-electron chi connectivity index (χ0n) is 12.9. The molecule has 7 nitrogen and oxygen atoms in total. The van der Waals surface area contributed by atoms with E-state index in [-0.39, 0.29) is 36.1 Å². The van der Waals surface area contributed by atoms with Gasteiger partial charge in [-0.05, 0) is 18.8 Å². The predicted molar refractivity (Wildman–Crippen MR) is 76.6 cm³/mol. The van der Waals surface area contributed by atoms with Crippen molar-refractivity contribution in [2.45, 2.75) is 45.6 Å². The number of amides is 3. The number of hydrogen-bond donors (Lipinski definition) is 2. The summed E-state index contributed by atoms with van der Waals surface area (Å²) in [5.41, 5.74) is 0. The number of likely N-dealkylation sites (tertiary alicyclic amines) is 1. The zero-order valence-corrected chi connectivity index (χ0v) is 12.9. The van der Waals surface area contributed by atoms with Gasteiger partial charge in [0, 0.05) is 0 Å². The van der Waals surface area contributed by atoms with Crippen molar-refractivity contribution in [3.8, 4) is 0 Å². The smallest absolute Gasteiger partial charge is 0.326 e. The Morgan fingerprint density at radius 3 is 2.09 bits per heavy atom. The highest BCUT2D eigenvalue weighted by Gasteiger charge is 2.48. The van der Waals surface area contributed by atoms with Crippen LogP contribution in [0.1, 0.15) is 39.5 Å². The van der Waals surface area contributed by atoms with E-state index in [1.807, 2.05) is 0 Å². The highest BCUT2D eigenvalue weighted by molar-refractivity contribution is 6.07. The van der Waals surface area contributed by atoms with Gasteiger partial charge in [-0.1, -0.05) is 26.7 Å². The van der Waals surface area contributed by atoms with Gasteiger partial charge in [0.15, 0.2) is 0 Å². The van der Waals surface area contributed by atoms with Crippen molar-refractivity contribution in [3.63, 3.8) is 0 Å². The first-order chi connectivity index (χ1) is 10.3. The Labute approximate surface area is 129 Å². The first-order valence-electron chi connectivity index (χ1n) is 7.70. The first kappa shape index (κ1) is 16.5. The third kappa shape index (κ3) is 3.13. The molecule has 3 atom stereocenters. The lowest BCUT2D eigenvalue weighted by Crippen LogP contribution is -2.49. The highest BCUT2D eigenvalue weighted by atomic mass is 16.4. The van der Waals surface area contributed by atoms with Crippen LogP contribution in [-0.2, 0) is 19.2 Å². The van der Waals surface area contributed by atoms with Gasteiger partial charge in [0.2, 0.25) is 17.7 Å². The summed E-state index contributed by atoms with van der Waals surface area (Å²) in [6.45, 7) is 2.97. The van der Waals surface area contributed by atoms with E-state index < -0.39 is 17.9 Å². The van der Waals surface area contributed by atoms with E-state index >= 15 is 0 Å². The molecule has 1 aliphatic heterocycles. The minimum absolute atomic E-state index is 0.283. The number of fused-ring (bicyclic) bond motifs is 1. The topological polar surface area (TPSA) is 104 Å². The fraction of sp³-hybridized carbons (Fsp3) is 0.733. The van der Waals surface area contributed by atoms with Crippen LogP contribution in [0.25, 0.3) is 0 Å². The minimum Gasteiger partial charge on any atom is -0.480 e. The average Bonchev–Trinajstić information content (AvgIpc) is 2.70. The van der Waals surface area contributed by atoms with Gasteiger partial charge in [-0.15, -0.1) is 0 Å². The molecule has 1 saturated carbocycles. The van der Waals surface area contributed by atoms with Crippen LogP contribution in [0.4, 0.5) is 0 Å². The third-order valence-corrected chi connectivity index (χ3v) is 4.48. The summed E-state index contributed by atoms with van der Waals surface area (Å²) in [6.07, 6.45) is 3.23. The lowest BCUT2D eigenvalue weighted by Gasteiger charge is -2.20. The number of aliphatic carboxylic acids is 1. The van der Waals surface area contributed by atoms with Crippen molar-refractivity contribution >= 4 is 23.7 Å². The normalized spacial score (nSPS) is 26.0. The molecule has 2 N–H and O–H groups in total. The summed E-state index contributed by atoms with van der Waals surface area (Å²) in [6, 6.07) is -1.03. The Bertz CT molecular complexity index is 478. The number of carboxylic acids is 1. The second-order valence-corrected chi connectivity index (χ2v) is 6.39.